The highest BCUT2D eigenvalue weighted by molar-refractivity contribution is 6.31. The minimum absolute atomic E-state index is 0.0667. The van der Waals surface area contributed by atoms with Gasteiger partial charge in [-0.15, -0.1) is 0 Å². The van der Waals surface area contributed by atoms with Crippen molar-refractivity contribution in [1.29, 1.82) is 0 Å². The van der Waals surface area contributed by atoms with Crippen LogP contribution >= 0.6 is 11.6 Å². The third-order valence-corrected chi connectivity index (χ3v) is 5.09. The Hall–Kier alpha value is -2.65. The Labute approximate surface area is 157 Å². The molecular formula is C22H19ClN2O. The van der Waals surface area contributed by atoms with Crippen molar-refractivity contribution in [3.63, 3.8) is 0 Å². The molecule has 1 aromatic heterocycles. The lowest BCUT2D eigenvalue weighted by atomic mass is 10.1. The Morgan fingerprint density at radius 1 is 1.00 bits per heavy atom. The van der Waals surface area contributed by atoms with Crippen LogP contribution in [0.5, 0.6) is 0 Å². The number of nitrogens with zero attached hydrogens (tertiary/aromatic N) is 2. The van der Waals surface area contributed by atoms with Crippen molar-refractivity contribution in [2.24, 2.45) is 10.9 Å². The van der Waals surface area contributed by atoms with E-state index >= 15 is 0 Å². The van der Waals surface area contributed by atoms with Crippen molar-refractivity contribution < 1.29 is 4.79 Å². The third-order valence-electron chi connectivity index (χ3n) is 4.75. The number of halogens is 1. The van der Waals surface area contributed by atoms with Gasteiger partial charge in [-0.2, -0.15) is 4.99 Å². The predicted molar refractivity (Wildman–Crippen MR) is 103 cm³/mol. The molecule has 1 amide bonds. The number of amides is 1. The summed E-state index contributed by atoms with van der Waals surface area (Å²) in [6.45, 7) is 0.687. The second kappa shape index (κ2) is 7.30. The van der Waals surface area contributed by atoms with Gasteiger partial charge in [-0.05, 0) is 41.7 Å². The summed E-state index contributed by atoms with van der Waals surface area (Å²) in [6.07, 6.45) is 2.77. The van der Waals surface area contributed by atoms with Gasteiger partial charge < -0.3 is 4.57 Å². The highest BCUT2D eigenvalue weighted by atomic mass is 35.5. The SMILES string of the molecule is O=C(N=c1ccccn1Cc1ccccc1)C1CC1c1ccccc1Cl. The molecule has 26 heavy (non-hydrogen) atoms. The van der Waals surface area contributed by atoms with E-state index in [9.17, 15) is 4.79 Å². The molecule has 4 rings (SSSR count). The molecule has 0 N–H and O–H groups in total. The zero-order valence-electron chi connectivity index (χ0n) is 14.3. The molecule has 2 aromatic carbocycles. The Bertz CT molecular complexity index is 994. The zero-order valence-corrected chi connectivity index (χ0v) is 15.0. The van der Waals surface area contributed by atoms with Gasteiger partial charge >= 0.3 is 0 Å². The topological polar surface area (TPSA) is 34.4 Å². The maximum absolute atomic E-state index is 12.7. The molecular weight excluding hydrogens is 344 g/mol. The molecule has 2 atom stereocenters. The summed E-state index contributed by atoms with van der Waals surface area (Å²) >= 11 is 6.26. The first kappa shape index (κ1) is 16.8. The number of carbonyl (C=O) groups is 1. The van der Waals surface area contributed by atoms with Gasteiger partial charge in [-0.1, -0.05) is 66.2 Å². The molecule has 1 saturated carbocycles. The minimum Gasteiger partial charge on any atom is -0.328 e. The first-order valence-electron chi connectivity index (χ1n) is 8.75. The van der Waals surface area contributed by atoms with Crippen LogP contribution in [0.25, 0.3) is 0 Å². The molecule has 1 fully saturated rings. The number of hydrogen-bond acceptors (Lipinski definition) is 1. The van der Waals surface area contributed by atoms with Crippen LogP contribution in [0.3, 0.4) is 0 Å². The fourth-order valence-corrected chi connectivity index (χ4v) is 3.54. The van der Waals surface area contributed by atoms with Crippen molar-refractivity contribution in [3.05, 3.63) is 101 Å². The van der Waals surface area contributed by atoms with Crippen molar-refractivity contribution >= 4 is 17.5 Å². The predicted octanol–water partition coefficient (Wildman–Crippen LogP) is 4.42. The highest BCUT2D eigenvalue weighted by Gasteiger charge is 2.44. The van der Waals surface area contributed by atoms with Crippen molar-refractivity contribution in [2.45, 2.75) is 18.9 Å². The normalized spacial score (nSPS) is 19.3. The minimum atomic E-state index is -0.0692. The van der Waals surface area contributed by atoms with Crippen LogP contribution in [0.4, 0.5) is 0 Å². The smallest absolute Gasteiger partial charge is 0.251 e. The van der Waals surface area contributed by atoms with Crippen LogP contribution in [-0.2, 0) is 11.3 Å². The lowest BCUT2D eigenvalue weighted by Gasteiger charge is -2.07. The van der Waals surface area contributed by atoms with E-state index in [1.165, 1.54) is 5.56 Å². The average molecular weight is 363 g/mol. The summed E-state index contributed by atoms with van der Waals surface area (Å²) in [7, 11) is 0. The Morgan fingerprint density at radius 3 is 2.54 bits per heavy atom. The summed E-state index contributed by atoms with van der Waals surface area (Å²) in [5, 5.41) is 0.728. The van der Waals surface area contributed by atoms with Gasteiger partial charge in [-0.25, -0.2) is 0 Å². The number of aromatic nitrogens is 1. The standard InChI is InChI=1S/C22H19ClN2O/c23-20-11-5-4-10-17(20)18-14-19(18)22(26)24-21-12-6-7-13-25(21)15-16-8-2-1-3-9-16/h1-13,18-19H,14-15H2. The lowest BCUT2D eigenvalue weighted by Crippen LogP contribution is -2.22. The van der Waals surface area contributed by atoms with Crippen LogP contribution in [0.15, 0.2) is 84.0 Å². The van der Waals surface area contributed by atoms with Gasteiger partial charge in [0.05, 0.1) is 0 Å². The molecule has 0 spiro atoms. The number of hydrogen-bond donors (Lipinski definition) is 0. The highest BCUT2D eigenvalue weighted by Crippen LogP contribution is 2.50. The first-order valence-corrected chi connectivity index (χ1v) is 9.12. The van der Waals surface area contributed by atoms with E-state index in [1.807, 2.05) is 71.4 Å². The third kappa shape index (κ3) is 3.63. The summed E-state index contributed by atoms with van der Waals surface area (Å²) in [5.41, 5.74) is 2.91. The molecule has 0 radical (unpaired) electrons. The number of rotatable bonds is 4. The molecule has 1 aliphatic rings. The van der Waals surface area contributed by atoms with E-state index in [0.29, 0.717) is 12.0 Å². The van der Waals surface area contributed by atoms with Crippen LogP contribution < -0.4 is 5.49 Å². The van der Waals surface area contributed by atoms with Crippen molar-refractivity contribution in [1.82, 2.24) is 4.57 Å². The van der Waals surface area contributed by atoms with E-state index in [2.05, 4.69) is 17.1 Å². The van der Waals surface area contributed by atoms with Gasteiger partial charge in [0.15, 0.2) is 0 Å². The van der Waals surface area contributed by atoms with Crippen LogP contribution in [0.2, 0.25) is 5.02 Å². The van der Waals surface area contributed by atoms with E-state index in [1.54, 1.807) is 0 Å². The first-order chi connectivity index (χ1) is 12.7. The van der Waals surface area contributed by atoms with Gasteiger partial charge in [0.25, 0.3) is 5.91 Å². The molecule has 0 saturated heterocycles. The lowest BCUT2D eigenvalue weighted by molar-refractivity contribution is -0.119. The van der Waals surface area contributed by atoms with Gasteiger partial charge in [0, 0.05) is 23.7 Å². The van der Waals surface area contributed by atoms with Crippen molar-refractivity contribution in [2.75, 3.05) is 0 Å². The molecule has 0 aliphatic heterocycles. The van der Waals surface area contributed by atoms with Crippen molar-refractivity contribution in [3.8, 4) is 0 Å². The number of benzene rings is 2. The maximum atomic E-state index is 12.7. The number of pyridine rings is 1. The van der Waals surface area contributed by atoms with Crippen LogP contribution in [-0.4, -0.2) is 10.5 Å². The maximum Gasteiger partial charge on any atom is 0.251 e. The van der Waals surface area contributed by atoms with Gasteiger partial charge in [0.2, 0.25) is 0 Å². The fraction of sp³-hybridized carbons (Fsp3) is 0.182. The molecule has 3 nitrogen and oxygen atoms in total. The zero-order chi connectivity index (χ0) is 17.9. The molecule has 130 valence electrons. The van der Waals surface area contributed by atoms with Crippen LogP contribution in [0.1, 0.15) is 23.5 Å². The van der Waals surface area contributed by atoms with E-state index < -0.39 is 0 Å². The molecule has 1 heterocycles. The Morgan fingerprint density at radius 2 is 1.73 bits per heavy atom. The summed E-state index contributed by atoms with van der Waals surface area (Å²) in [6, 6.07) is 23.6. The summed E-state index contributed by atoms with van der Waals surface area (Å²) in [5.74, 6) is 0.0504. The van der Waals surface area contributed by atoms with Crippen LogP contribution in [0, 0.1) is 5.92 Å². The van der Waals surface area contributed by atoms with Gasteiger partial charge in [0.1, 0.15) is 5.49 Å². The van der Waals surface area contributed by atoms with E-state index in [4.69, 9.17) is 11.6 Å². The van der Waals surface area contributed by atoms with Gasteiger partial charge in [-0.3, -0.25) is 4.79 Å². The Balaban J connectivity index is 1.56. The molecule has 3 aromatic rings. The largest absolute Gasteiger partial charge is 0.328 e. The quantitative estimate of drug-likeness (QED) is 0.676. The fourth-order valence-electron chi connectivity index (χ4n) is 3.27. The second-order valence-corrected chi connectivity index (χ2v) is 7.00. The molecule has 1 aliphatic carbocycles. The van der Waals surface area contributed by atoms with E-state index in [-0.39, 0.29) is 17.7 Å². The average Bonchev–Trinajstić information content (AvgIpc) is 3.45. The number of carbonyl (C=O) groups excluding carboxylic acids is 1. The summed E-state index contributed by atoms with van der Waals surface area (Å²) in [4.78, 5) is 17.1. The molecule has 2 unspecified atom stereocenters. The Kier molecular flexibility index (Phi) is 4.72. The van der Waals surface area contributed by atoms with E-state index in [0.717, 1.165) is 17.0 Å². The molecule has 0 bridgehead atoms. The summed E-state index contributed by atoms with van der Waals surface area (Å²) < 4.78 is 2.00. The molecule has 4 heteroatoms. The monoisotopic (exact) mass is 362 g/mol. The second-order valence-electron chi connectivity index (χ2n) is 6.59.